The van der Waals surface area contributed by atoms with Crippen LogP contribution in [0.15, 0.2) is 36.4 Å². The van der Waals surface area contributed by atoms with Crippen molar-refractivity contribution in [2.24, 2.45) is 0 Å². The molecule has 0 aliphatic carbocycles. The molecule has 0 atom stereocenters. The lowest BCUT2D eigenvalue weighted by molar-refractivity contribution is 0.482. The average molecular weight is 338 g/mol. The van der Waals surface area contributed by atoms with Crippen molar-refractivity contribution in [2.45, 2.75) is 34.6 Å². The molecule has 0 amide bonds. The Morgan fingerprint density at radius 3 is 1.54 bits per heavy atom. The zero-order chi connectivity index (χ0) is 18.3. The number of aromatic hydroxyl groups is 1. The Balaban J connectivity index is 2.32. The van der Waals surface area contributed by atoms with Gasteiger partial charge in [-0.2, -0.15) is 0 Å². The lowest BCUT2D eigenvalue weighted by atomic mass is 9.83. The van der Waals surface area contributed by atoms with Crippen LogP contribution in [0.3, 0.4) is 0 Å². The van der Waals surface area contributed by atoms with E-state index in [2.05, 4.69) is 65.0 Å². The second kappa shape index (κ2) is 4.88. The van der Waals surface area contributed by atoms with Gasteiger partial charge in [0, 0.05) is 10.8 Å². The highest BCUT2D eigenvalue weighted by molar-refractivity contribution is 6.35. The van der Waals surface area contributed by atoms with Gasteiger partial charge in [0.1, 0.15) is 5.75 Å². The Kier molecular flexibility index (Phi) is 2.90. The number of benzene rings is 5. The van der Waals surface area contributed by atoms with Gasteiger partial charge in [-0.3, -0.25) is 0 Å². The molecule has 0 aliphatic rings. The Labute approximate surface area is 153 Å². The molecule has 1 N–H and O–H groups in total. The van der Waals surface area contributed by atoms with Crippen molar-refractivity contribution >= 4 is 43.1 Å². The first-order valence-electron chi connectivity index (χ1n) is 9.20. The first-order valence-corrected chi connectivity index (χ1v) is 9.20. The summed E-state index contributed by atoms with van der Waals surface area (Å²) in [5, 5.41) is 20.7. The van der Waals surface area contributed by atoms with E-state index in [0.29, 0.717) is 5.75 Å². The van der Waals surface area contributed by atoms with Crippen LogP contribution in [0, 0.1) is 34.6 Å². The molecule has 1 heteroatoms. The summed E-state index contributed by atoms with van der Waals surface area (Å²) in [6, 6.07) is 13.1. The molecule has 26 heavy (non-hydrogen) atoms. The SMILES string of the molecule is Cc1ccc2c3c(O)cc(C)c4c(C)ccc(c5c(C)cc(C)c1c25)c43. The third-order valence-corrected chi connectivity index (χ3v) is 6.09. The largest absolute Gasteiger partial charge is 0.507 e. The van der Waals surface area contributed by atoms with E-state index >= 15 is 0 Å². The van der Waals surface area contributed by atoms with Crippen molar-refractivity contribution in [2.75, 3.05) is 0 Å². The molecule has 0 radical (unpaired) electrons. The fourth-order valence-electron chi connectivity index (χ4n) is 5.13. The van der Waals surface area contributed by atoms with Crippen LogP contribution in [-0.4, -0.2) is 5.11 Å². The normalized spacial score (nSPS) is 12.2. The van der Waals surface area contributed by atoms with Crippen molar-refractivity contribution < 1.29 is 5.11 Å². The maximum absolute atomic E-state index is 10.9. The van der Waals surface area contributed by atoms with E-state index in [4.69, 9.17) is 0 Å². The third kappa shape index (κ3) is 1.71. The minimum atomic E-state index is 0.386. The summed E-state index contributed by atoms with van der Waals surface area (Å²) in [5.74, 6) is 0.386. The second-order valence-corrected chi connectivity index (χ2v) is 7.83. The van der Waals surface area contributed by atoms with Crippen LogP contribution in [0.25, 0.3) is 43.1 Å². The third-order valence-electron chi connectivity index (χ3n) is 6.09. The molecule has 0 unspecified atom stereocenters. The van der Waals surface area contributed by atoms with Gasteiger partial charge in [-0.05, 0) is 101 Å². The Bertz CT molecular complexity index is 1260. The van der Waals surface area contributed by atoms with Gasteiger partial charge in [0.2, 0.25) is 0 Å². The smallest absolute Gasteiger partial charge is 0.124 e. The molecule has 0 saturated heterocycles. The monoisotopic (exact) mass is 338 g/mol. The van der Waals surface area contributed by atoms with Crippen molar-refractivity contribution in [1.29, 1.82) is 0 Å². The molecule has 128 valence electrons. The first-order chi connectivity index (χ1) is 12.4. The molecular weight excluding hydrogens is 316 g/mol. The van der Waals surface area contributed by atoms with Gasteiger partial charge in [0.15, 0.2) is 0 Å². The molecule has 0 spiro atoms. The van der Waals surface area contributed by atoms with Crippen molar-refractivity contribution in [3.05, 3.63) is 64.2 Å². The van der Waals surface area contributed by atoms with Gasteiger partial charge in [0.05, 0.1) is 0 Å². The summed E-state index contributed by atoms with van der Waals surface area (Å²) in [6.07, 6.45) is 0. The Morgan fingerprint density at radius 2 is 0.923 bits per heavy atom. The highest BCUT2D eigenvalue weighted by atomic mass is 16.3. The number of phenolic OH excluding ortho intramolecular Hbond substituents is 1. The van der Waals surface area contributed by atoms with E-state index in [1.54, 1.807) is 0 Å². The van der Waals surface area contributed by atoms with E-state index < -0.39 is 0 Å². The lowest BCUT2D eigenvalue weighted by Crippen LogP contribution is -1.95. The molecule has 0 saturated carbocycles. The molecule has 0 aliphatic heterocycles. The molecule has 0 aromatic heterocycles. The predicted octanol–water partition coefficient (Wildman–Crippen LogP) is 6.98. The van der Waals surface area contributed by atoms with Crippen molar-refractivity contribution in [3.8, 4) is 5.75 Å². The summed E-state index contributed by atoms with van der Waals surface area (Å²) in [7, 11) is 0. The summed E-state index contributed by atoms with van der Waals surface area (Å²) in [4.78, 5) is 0. The summed E-state index contributed by atoms with van der Waals surface area (Å²) in [5.41, 5.74) is 6.30. The number of aryl methyl sites for hydroxylation is 5. The zero-order valence-corrected chi connectivity index (χ0v) is 15.9. The van der Waals surface area contributed by atoms with E-state index in [1.807, 2.05) is 6.07 Å². The summed E-state index contributed by atoms with van der Waals surface area (Å²) >= 11 is 0. The highest BCUT2D eigenvalue weighted by Crippen LogP contribution is 2.47. The zero-order valence-electron chi connectivity index (χ0n) is 15.9. The standard InChI is InChI=1S/C25H22O/c1-12-7-9-18-23-19(26)11-16(5)21-13(2)6-8-17(25(21)23)22-15(4)10-14(3)20(12)24(18)22/h6-11,26H,1-5H3. The molecule has 0 heterocycles. The van der Waals surface area contributed by atoms with Gasteiger partial charge in [-0.1, -0.05) is 30.3 Å². The van der Waals surface area contributed by atoms with Crippen LogP contribution in [0.5, 0.6) is 5.75 Å². The van der Waals surface area contributed by atoms with Crippen LogP contribution in [0.2, 0.25) is 0 Å². The molecule has 0 bridgehead atoms. The molecule has 5 aromatic rings. The van der Waals surface area contributed by atoms with Crippen molar-refractivity contribution in [3.63, 3.8) is 0 Å². The number of hydrogen-bond donors (Lipinski definition) is 1. The molecule has 0 fully saturated rings. The van der Waals surface area contributed by atoms with Gasteiger partial charge in [0.25, 0.3) is 0 Å². The van der Waals surface area contributed by atoms with Gasteiger partial charge >= 0.3 is 0 Å². The van der Waals surface area contributed by atoms with Gasteiger partial charge in [-0.25, -0.2) is 0 Å². The number of rotatable bonds is 0. The Morgan fingerprint density at radius 1 is 0.462 bits per heavy atom. The molecule has 1 nitrogen and oxygen atoms in total. The maximum atomic E-state index is 10.9. The fraction of sp³-hybridized carbons (Fsp3) is 0.200. The summed E-state index contributed by atoms with van der Waals surface area (Å²) < 4.78 is 0. The predicted molar refractivity (Wildman–Crippen MR) is 113 cm³/mol. The topological polar surface area (TPSA) is 20.2 Å². The molecule has 5 rings (SSSR count). The van der Waals surface area contributed by atoms with Gasteiger partial charge < -0.3 is 5.11 Å². The quantitative estimate of drug-likeness (QED) is 0.238. The number of phenols is 1. The number of fused-ring (bicyclic) bond motifs is 2. The molecule has 5 aromatic carbocycles. The minimum absolute atomic E-state index is 0.386. The highest BCUT2D eigenvalue weighted by Gasteiger charge is 2.20. The van der Waals surface area contributed by atoms with E-state index in [9.17, 15) is 5.11 Å². The molecular formula is C25H22O. The van der Waals surface area contributed by atoms with Gasteiger partial charge in [-0.15, -0.1) is 0 Å². The van der Waals surface area contributed by atoms with E-state index in [1.165, 1.54) is 54.6 Å². The first kappa shape index (κ1) is 15.5. The fourth-order valence-corrected chi connectivity index (χ4v) is 5.13. The van der Waals surface area contributed by atoms with Crippen LogP contribution in [0.4, 0.5) is 0 Å². The maximum Gasteiger partial charge on any atom is 0.124 e. The van der Waals surface area contributed by atoms with Crippen molar-refractivity contribution in [1.82, 2.24) is 0 Å². The number of hydrogen-bond acceptors (Lipinski definition) is 1. The lowest BCUT2D eigenvalue weighted by Gasteiger charge is -2.21. The van der Waals surface area contributed by atoms with Crippen LogP contribution < -0.4 is 0 Å². The summed E-state index contributed by atoms with van der Waals surface area (Å²) in [6.45, 7) is 10.8. The minimum Gasteiger partial charge on any atom is -0.507 e. The van der Waals surface area contributed by atoms with Crippen LogP contribution in [0.1, 0.15) is 27.8 Å². The second-order valence-electron chi connectivity index (χ2n) is 7.83. The van der Waals surface area contributed by atoms with E-state index in [-0.39, 0.29) is 0 Å². The van der Waals surface area contributed by atoms with Crippen LogP contribution in [-0.2, 0) is 0 Å². The average Bonchev–Trinajstić information content (AvgIpc) is 2.57. The Hall–Kier alpha value is -2.80. The van der Waals surface area contributed by atoms with Crippen LogP contribution >= 0.6 is 0 Å². The van der Waals surface area contributed by atoms with E-state index in [0.717, 1.165) is 16.3 Å².